The normalized spacial score (nSPS) is 12.7. The molecule has 46 heavy (non-hydrogen) atoms. The van der Waals surface area contributed by atoms with Gasteiger partial charge in [-0.3, -0.25) is 9.11 Å². The molecular formula is C33H27N5O6S2. The number of benzene rings is 6. The molecule has 0 saturated heterocycles. The summed E-state index contributed by atoms with van der Waals surface area (Å²) in [6.07, 6.45) is 0. The first-order valence-electron chi connectivity index (χ1n) is 13.9. The molecule has 6 aromatic rings. The number of rotatable bonds is 6. The quantitative estimate of drug-likeness (QED) is 0.0909. The van der Waals surface area contributed by atoms with Gasteiger partial charge in [0.2, 0.25) is 0 Å². The SMILES string of the molecule is Cc1ccc2c(N)ccc(N=Nc3ccc(N=Nc4cc(S(=O)(=O)O)c5cc(C)cc(S(=O)(=O)O)c5c4)c4cc(C)ccc34)c2c1. The van der Waals surface area contributed by atoms with Gasteiger partial charge in [-0.15, -0.1) is 15.3 Å². The lowest BCUT2D eigenvalue weighted by atomic mass is 10.0. The zero-order chi connectivity index (χ0) is 33.0. The molecule has 4 N–H and O–H groups in total. The zero-order valence-electron chi connectivity index (χ0n) is 24.8. The Hall–Kier alpha value is -5.08. The lowest BCUT2D eigenvalue weighted by molar-refractivity contribution is 0.481. The summed E-state index contributed by atoms with van der Waals surface area (Å²) in [5.41, 5.74) is 10.7. The van der Waals surface area contributed by atoms with E-state index in [1.807, 2.05) is 56.3 Å². The van der Waals surface area contributed by atoms with Gasteiger partial charge < -0.3 is 5.73 Å². The van der Waals surface area contributed by atoms with Gasteiger partial charge in [0, 0.05) is 38.0 Å². The van der Waals surface area contributed by atoms with Crippen LogP contribution < -0.4 is 5.73 Å². The van der Waals surface area contributed by atoms with Crippen LogP contribution in [0.25, 0.3) is 32.3 Å². The van der Waals surface area contributed by atoms with Crippen molar-refractivity contribution in [2.24, 2.45) is 20.5 Å². The molecule has 13 heteroatoms. The number of fused-ring (bicyclic) bond motifs is 3. The van der Waals surface area contributed by atoms with Crippen LogP contribution in [0.5, 0.6) is 0 Å². The van der Waals surface area contributed by atoms with Crippen LogP contribution in [0.2, 0.25) is 0 Å². The fraction of sp³-hybridized carbons (Fsp3) is 0.0909. The Balaban J connectivity index is 1.47. The Labute approximate surface area is 264 Å². The second kappa shape index (κ2) is 11.4. The number of aryl methyl sites for hydroxylation is 3. The largest absolute Gasteiger partial charge is 0.398 e. The Morgan fingerprint density at radius 3 is 1.54 bits per heavy atom. The number of hydrogen-bond donors (Lipinski definition) is 3. The van der Waals surface area contributed by atoms with Gasteiger partial charge in [-0.25, -0.2) is 0 Å². The maximum Gasteiger partial charge on any atom is 0.295 e. The third-order valence-electron chi connectivity index (χ3n) is 7.53. The maximum atomic E-state index is 12.3. The van der Waals surface area contributed by atoms with Crippen molar-refractivity contribution in [2.45, 2.75) is 30.6 Å². The highest BCUT2D eigenvalue weighted by atomic mass is 32.2. The fourth-order valence-electron chi connectivity index (χ4n) is 5.39. The molecule has 0 amide bonds. The molecule has 0 aliphatic rings. The van der Waals surface area contributed by atoms with E-state index < -0.39 is 30.0 Å². The number of anilines is 1. The molecule has 0 aliphatic heterocycles. The first-order chi connectivity index (χ1) is 21.7. The van der Waals surface area contributed by atoms with Crippen molar-refractivity contribution in [1.82, 2.24) is 0 Å². The fourth-order valence-corrected chi connectivity index (χ4v) is 6.88. The summed E-state index contributed by atoms with van der Waals surface area (Å²) in [4.78, 5) is -1.10. The molecule has 11 nitrogen and oxygen atoms in total. The predicted octanol–water partition coefficient (Wildman–Crippen LogP) is 8.98. The van der Waals surface area contributed by atoms with Gasteiger partial charge in [-0.2, -0.15) is 21.9 Å². The van der Waals surface area contributed by atoms with Crippen LogP contribution in [0.1, 0.15) is 16.7 Å². The van der Waals surface area contributed by atoms with Crippen molar-refractivity contribution < 1.29 is 25.9 Å². The van der Waals surface area contributed by atoms with Crippen LogP contribution in [0.15, 0.2) is 115 Å². The van der Waals surface area contributed by atoms with E-state index in [0.717, 1.165) is 33.4 Å². The summed E-state index contributed by atoms with van der Waals surface area (Å²) in [5.74, 6) is 0. The monoisotopic (exact) mass is 653 g/mol. The topological polar surface area (TPSA) is 184 Å². The van der Waals surface area contributed by atoms with E-state index in [4.69, 9.17) is 5.73 Å². The number of nitrogen functional groups attached to an aromatic ring is 1. The van der Waals surface area contributed by atoms with Gasteiger partial charge in [0.25, 0.3) is 20.2 Å². The Kier molecular flexibility index (Phi) is 7.65. The molecule has 0 atom stereocenters. The molecule has 0 radical (unpaired) electrons. The van der Waals surface area contributed by atoms with Crippen LogP contribution in [-0.4, -0.2) is 25.9 Å². The van der Waals surface area contributed by atoms with Gasteiger partial charge in [0.15, 0.2) is 0 Å². The molecule has 0 fully saturated rings. The minimum absolute atomic E-state index is 0.0658. The van der Waals surface area contributed by atoms with Crippen LogP contribution in [0.4, 0.5) is 28.4 Å². The highest BCUT2D eigenvalue weighted by Crippen LogP contribution is 2.39. The number of nitrogens with zero attached hydrogens (tertiary/aromatic N) is 4. The van der Waals surface area contributed by atoms with E-state index in [1.54, 1.807) is 18.2 Å². The van der Waals surface area contributed by atoms with E-state index in [9.17, 15) is 25.9 Å². The third kappa shape index (κ3) is 5.96. The molecule has 0 saturated carbocycles. The van der Waals surface area contributed by atoms with Gasteiger partial charge in [-0.1, -0.05) is 35.4 Å². The first-order valence-corrected chi connectivity index (χ1v) is 16.8. The Bertz CT molecular complexity index is 2530. The van der Waals surface area contributed by atoms with Crippen LogP contribution in [0.3, 0.4) is 0 Å². The molecule has 0 bridgehead atoms. The molecule has 0 aromatic heterocycles. The maximum absolute atomic E-state index is 12.3. The summed E-state index contributed by atoms with van der Waals surface area (Å²) in [5, 5.41) is 20.6. The summed E-state index contributed by atoms with van der Waals surface area (Å²) in [6, 6.07) is 23.6. The summed E-state index contributed by atoms with van der Waals surface area (Å²) < 4.78 is 68.8. The lowest BCUT2D eigenvalue weighted by Gasteiger charge is -2.10. The summed E-state index contributed by atoms with van der Waals surface area (Å²) >= 11 is 0. The second-order valence-corrected chi connectivity index (χ2v) is 13.8. The van der Waals surface area contributed by atoms with Gasteiger partial charge in [0.05, 0.1) is 22.7 Å². The van der Waals surface area contributed by atoms with Crippen LogP contribution in [0, 0.1) is 20.8 Å². The summed E-state index contributed by atoms with van der Waals surface area (Å²) in [6.45, 7) is 5.44. The second-order valence-electron chi connectivity index (χ2n) is 11.0. The van der Waals surface area contributed by atoms with E-state index in [-0.39, 0.29) is 16.5 Å². The lowest BCUT2D eigenvalue weighted by Crippen LogP contribution is -2.03. The number of hydrogen-bond acceptors (Lipinski definition) is 9. The summed E-state index contributed by atoms with van der Waals surface area (Å²) in [7, 11) is -9.57. The van der Waals surface area contributed by atoms with Crippen LogP contribution in [-0.2, 0) is 20.2 Å². The van der Waals surface area contributed by atoms with E-state index in [2.05, 4.69) is 20.5 Å². The first kappa shape index (κ1) is 30.9. The molecule has 6 rings (SSSR count). The number of azo groups is 2. The van der Waals surface area contributed by atoms with E-state index in [0.29, 0.717) is 33.7 Å². The minimum atomic E-state index is -4.82. The van der Waals surface area contributed by atoms with E-state index in [1.165, 1.54) is 25.1 Å². The Morgan fingerprint density at radius 2 is 0.935 bits per heavy atom. The van der Waals surface area contributed by atoms with E-state index >= 15 is 0 Å². The molecular weight excluding hydrogens is 627 g/mol. The predicted molar refractivity (Wildman–Crippen MR) is 178 cm³/mol. The van der Waals surface area contributed by atoms with Crippen molar-refractivity contribution in [3.8, 4) is 0 Å². The molecule has 0 spiro atoms. The Morgan fingerprint density at radius 1 is 0.478 bits per heavy atom. The smallest absolute Gasteiger partial charge is 0.295 e. The average molecular weight is 654 g/mol. The molecule has 6 aromatic carbocycles. The average Bonchev–Trinajstić information content (AvgIpc) is 2.98. The van der Waals surface area contributed by atoms with Crippen molar-refractivity contribution in [3.63, 3.8) is 0 Å². The standard InChI is InChI=1S/C33H27N5O6S2/c1-18-4-6-22-24(12-18)30(9-8-28(22)34)38-37-29-10-11-31(25-13-19(2)5-7-23(25)29)36-35-21-16-27-26(33(17-21)46(42,43)44)14-20(3)15-32(27)45(39,40)41/h4-17H,34H2,1-3H3,(H,39,40,41)(H,42,43,44). The minimum Gasteiger partial charge on any atom is -0.398 e. The van der Waals surface area contributed by atoms with Gasteiger partial charge in [-0.05, 0) is 87.0 Å². The van der Waals surface area contributed by atoms with Crippen molar-refractivity contribution >= 4 is 81.0 Å². The molecule has 0 unspecified atom stereocenters. The molecule has 0 heterocycles. The highest BCUT2D eigenvalue weighted by molar-refractivity contribution is 7.86. The van der Waals surface area contributed by atoms with Crippen molar-refractivity contribution in [3.05, 3.63) is 102 Å². The van der Waals surface area contributed by atoms with Gasteiger partial charge >= 0.3 is 0 Å². The zero-order valence-corrected chi connectivity index (χ0v) is 26.4. The van der Waals surface area contributed by atoms with Crippen molar-refractivity contribution in [1.29, 1.82) is 0 Å². The molecule has 0 aliphatic carbocycles. The van der Waals surface area contributed by atoms with Crippen LogP contribution >= 0.6 is 0 Å². The molecule has 232 valence electrons. The van der Waals surface area contributed by atoms with Gasteiger partial charge in [0.1, 0.15) is 9.79 Å². The highest BCUT2D eigenvalue weighted by Gasteiger charge is 2.22. The third-order valence-corrected chi connectivity index (χ3v) is 9.31. The number of nitrogens with two attached hydrogens (primary N) is 1. The van der Waals surface area contributed by atoms with Crippen molar-refractivity contribution in [2.75, 3.05) is 5.73 Å².